The first-order valence-electron chi connectivity index (χ1n) is 8.92. The zero-order valence-corrected chi connectivity index (χ0v) is 15.4. The van der Waals surface area contributed by atoms with Crippen molar-refractivity contribution < 1.29 is 9.53 Å². The van der Waals surface area contributed by atoms with Crippen molar-refractivity contribution in [2.75, 3.05) is 0 Å². The molecule has 1 aliphatic heterocycles. The van der Waals surface area contributed by atoms with Crippen molar-refractivity contribution in [1.82, 2.24) is 4.90 Å². The van der Waals surface area contributed by atoms with Crippen LogP contribution in [0.1, 0.15) is 50.8 Å². The summed E-state index contributed by atoms with van der Waals surface area (Å²) < 4.78 is 6.02. The molecule has 3 nitrogen and oxygen atoms in total. The van der Waals surface area contributed by atoms with E-state index in [1.54, 1.807) is 0 Å². The third-order valence-electron chi connectivity index (χ3n) is 6.25. The summed E-state index contributed by atoms with van der Waals surface area (Å²) in [5, 5.41) is 0. The standard InChI is InChI=1S/C22H25NO2/c1-20(2)15-21(3)22(4,18-13-9-8-12-17(18)20)23(19(24)25-21)14-16-10-6-5-7-11-16/h5-13H,14-15H2,1-4H3/t21-,22-/m1/s1. The number of carbonyl (C=O) groups excluding carboxylic acids is 1. The molecule has 2 aromatic carbocycles. The van der Waals surface area contributed by atoms with Gasteiger partial charge in [0.05, 0.1) is 6.54 Å². The highest BCUT2D eigenvalue weighted by atomic mass is 16.6. The normalized spacial score (nSPS) is 29.8. The Morgan fingerprint density at radius 3 is 2.20 bits per heavy atom. The summed E-state index contributed by atoms with van der Waals surface area (Å²) in [6.07, 6.45) is 0.589. The zero-order valence-electron chi connectivity index (χ0n) is 15.4. The lowest BCUT2D eigenvalue weighted by Gasteiger charge is -2.52. The molecule has 4 rings (SSSR count). The van der Waals surface area contributed by atoms with Gasteiger partial charge >= 0.3 is 6.09 Å². The lowest BCUT2D eigenvalue weighted by Crippen LogP contribution is -2.58. The van der Waals surface area contributed by atoms with E-state index in [0.29, 0.717) is 6.54 Å². The Balaban J connectivity index is 1.88. The van der Waals surface area contributed by atoms with Gasteiger partial charge in [-0.3, -0.25) is 4.90 Å². The summed E-state index contributed by atoms with van der Waals surface area (Å²) in [5.74, 6) is 0. The van der Waals surface area contributed by atoms with Gasteiger partial charge in [0.25, 0.3) is 0 Å². The van der Waals surface area contributed by atoms with Crippen molar-refractivity contribution in [2.45, 2.75) is 57.2 Å². The molecule has 0 N–H and O–H groups in total. The van der Waals surface area contributed by atoms with E-state index in [2.05, 4.69) is 64.1 Å². The highest BCUT2D eigenvalue weighted by Crippen LogP contribution is 2.58. The molecule has 2 aliphatic rings. The molecule has 1 amide bonds. The third kappa shape index (κ3) is 2.14. The highest BCUT2D eigenvalue weighted by Gasteiger charge is 2.65. The molecule has 1 saturated heterocycles. The van der Waals surface area contributed by atoms with Crippen molar-refractivity contribution in [1.29, 1.82) is 0 Å². The Labute approximate surface area is 149 Å². The molecule has 1 fully saturated rings. The van der Waals surface area contributed by atoms with Gasteiger partial charge in [0.1, 0.15) is 11.1 Å². The van der Waals surface area contributed by atoms with Gasteiger partial charge in [-0.05, 0) is 42.4 Å². The van der Waals surface area contributed by atoms with E-state index in [9.17, 15) is 4.79 Å². The molecule has 0 saturated carbocycles. The lowest BCUT2D eigenvalue weighted by atomic mass is 9.59. The fourth-order valence-electron chi connectivity index (χ4n) is 4.88. The quantitative estimate of drug-likeness (QED) is 0.773. The number of nitrogens with zero attached hydrogens (tertiary/aromatic N) is 1. The molecule has 130 valence electrons. The maximum absolute atomic E-state index is 12.9. The van der Waals surface area contributed by atoms with E-state index >= 15 is 0 Å². The van der Waals surface area contributed by atoms with Crippen LogP contribution in [-0.4, -0.2) is 16.6 Å². The molecular formula is C22H25NO2. The van der Waals surface area contributed by atoms with Crippen molar-refractivity contribution in [2.24, 2.45) is 0 Å². The van der Waals surface area contributed by atoms with Gasteiger partial charge in [-0.2, -0.15) is 0 Å². The molecule has 25 heavy (non-hydrogen) atoms. The Hall–Kier alpha value is -2.29. The SMILES string of the molecule is CC1(C)C[C@@]2(C)OC(=O)N(Cc3ccccc3)[C@]2(C)c2ccccc21. The van der Waals surface area contributed by atoms with E-state index in [0.717, 1.165) is 12.0 Å². The zero-order chi connectivity index (χ0) is 17.9. The molecule has 0 unspecified atom stereocenters. The van der Waals surface area contributed by atoms with Crippen molar-refractivity contribution in [3.8, 4) is 0 Å². The number of hydrogen-bond donors (Lipinski definition) is 0. The van der Waals surface area contributed by atoms with Gasteiger partial charge < -0.3 is 4.74 Å². The predicted octanol–water partition coefficient (Wildman–Crippen LogP) is 4.99. The summed E-state index contributed by atoms with van der Waals surface area (Å²) in [7, 11) is 0. The fourth-order valence-corrected chi connectivity index (χ4v) is 4.88. The second-order valence-corrected chi connectivity index (χ2v) is 8.35. The maximum atomic E-state index is 12.9. The molecule has 2 atom stereocenters. The Morgan fingerprint density at radius 1 is 0.920 bits per heavy atom. The summed E-state index contributed by atoms with van der Waals surface area (Å²) in [4.78, 5) is 14.8. The van der Waals surface area contributed by atoms with Gasteiger partial charge in [0.2, 0.25) is 0 Å². The molecular weight excluding hydrogens is 310 g/mol. The van der Waals surface area contributed by atoms with E-state index in [-0.39, 0.29) is 11.5 Å². The van der Waals surface area contributed by atoms with Crippen LogP contribution in [0.3, 0.4) is 0 Å². The monoisotopic (exact) mass is 335 g/mol. The molecule has 1 heterocycles. The van der Waals surface area contributed by atoms with Crippen molar-refractivity contribution >= 4 is 6.09 Å². The average molecular weight is 335 g/mol. The number of amides is 1. The minimum atomic E-state index is -0.545. The average Bonchev–Trinajstić information content (AvgIpc) is 2.76. The molecule has 0 radical (unpaired) electrons. The minimum Gasteiger partial charge on any atom is -0.440 e. The maximum Gasteiger partial charge on any atom is 0.411 e. The summed E-state index contributed by atoms with van der Waals surface area (Å²) >= 11 is 0. The molecule has 0 spiro atoms. The summed E-state index contributed by atoms with van der Waals surface area (Å²) in [6.45, 7) is 9.29. The fraction of sp³-hybridized carbons (Fsp3) is 0.409. The number of fused-ring (bicyclic) bond motifs is 3. The molecule has 0 bridgehead atoms. The van der Waals surface area contributed by atoms with Gasteiger partial charge in [-0.25, -0.2) is 4.79 Å². The van der Waals surface area contributed by atoms with Crippen LogP contribution in [0.4, 0.5) is 4.79 Å². The number of ether oxygens (including phenoxy) is 1. The Bertz CT molecular complexity index is 829. The number of rotatable bonds is 2. The summed E-state index contributed by atoms with van der Waals surface area (Å²) in [5.41, 5.74) is 2.57. The molecule has 1 aliphatic carbocycles. The van der Waals surface area contributed by atoms with Crippen LogP contribution in [-0.2, 0) is 22.2 Å². The van der Waals surface area contributed by atoms with Crippen LogP contribution in [0.15, 0.2) is 54.6 Å². The van der Waals surface area contributed by atoms with Crippen LogP contribution in [0, 0.1) is 0 Å². The van der Waals surface area contributed by atoms with Gasteiger partial charge in [0.15, 0.2) is 0 Å². The van der Waals surface area contributed by atoms with Gasteiger partial charge in [0, 0.05) is 0 Å². The van der Waals surface area contributed by atoms with Gasteiger partial charge in [-0.15, -0.1) is 0 Å². The minimum absolute atomic E-state index is 0.0338. The van der Waals surface area contributed by atoms with Crippen LogP contribution in [0.5, 0.6) is 0 Å². The first kappa shape index (κ1) is 16.2. The van der Waals surface area contributed by atoms with E-state index < -0.39 is 11.1 Å². The van der Waals surface area contributed by atoms with Crippen LogP contribution in [0.25, 0.3) is 0 Å². The molecule has 3 heteroatoms. The lowest BCUT2D eigenvalue weighted by molar-refractivity contribution is -0.0303. The topological polar surface area (TPSA) is 29.5 Å². The largest absolute Gasteiger partial charge is 0.440 e. The van der Waals surface area contributed by atoms with Crippen LogP contribution in [0.2, 0.25) is 0 Å². The second-order valence-electron chi connectivity index (χ2n) is 8.35. The first-order valence-corrected chi connectivity index (χ1v) is 8.92. The van der Waals surface area contributed by atoms with E-state index in [1.807, 2.05) is 23.1 Å². The van der Waals surface area contributed by atoms with Crippen molar-refractivity contribution in [3.05, 3.63) is 71.3 Å². The number of hydrogen-bond acceptors (Lipinski definition) is 2. The number of benzene rings is 2. The Morgan fingerprint density at radius 2 is 1.52 bits per heavy atom. The van der Waals surface area contributed by atoms with Crippen LogP contribution < -0.4 is 0 Å². The first-order chi connectivity index (χ1) is 11.8. The Kier molecular flexibility index (Phi) is 3.31. The third-order valence-corrected chi connectivity index (χ3v) is 6.25. The second kappa shape index (κ2) is 5.10. The van der Waals surface area contributed by atoms with E-state index in [1.165, 1.54) is 11.1 Å². The smallest absolute Gasteiger partial charge is 0.411 e. The van der Waals surface area contributed by atoms with E-state index in [4.69, 9.17) is 4.74 Å². The summed E-state index contributed by atoms with van der Waals surface area (Å²) in [6, 6.07) is 18.7. The van der Waals surface area contributed by atoms with Crippen molar-refractivity contribution in [3.63, 3.8) is 0 Å². The molecule has 2 aromatic rings. The predicted molar refractivity (Wildman–Crippen MR) is 98.3 cm³/mol. The highest BCUT2D eigenvalue weighted by molar-refractivity contribution is 5.74. The van der Waals surface area contributed by atoms with Crippen LogP contribution >= 0.6 is 0 Å². The molecule has 0 aromatic heterocycles. The van der Waals surface area contributed by atoms with Gasteiger partial charge in [-0.1, -0.05) is 68.4 Å². The number of carbonyl (C=O) groups is 1.